The second kappa shape index (κ2) is 9.73. The lowest BCUT2D eigenvalue weighted by Gasteiger charge is -2.29. The van der Waals surface area contributed by atoms with Gasteiger partial charge in [-0.25, -0.2) is 4.98 Å². The van der Waals surface area contributed by atoms with Gasteiger partial charge in [0.1, 0.15) is 11.4 Å². The summed E-state index contributed by atoms with van der Waals surface area (Å²) in [5.41, 5.74) is 6.05. The number of imidazole rings is 1. The van der Waals surface area contributed by atoms with Crippen molar-refractivity contribution in [1.82, 2.24) is 15.0 Å². The van der Waals surface area contributed by atoms with Gasteiger partial charge in [0, 0.05) is 25.0 Å². The average Bonchev–Trinajstić information content (AvgIpc) is 3.29. The van der Waals surface area contributed by atoms with Gasteiger partial charge in [0.05, 0.1) is 29.4 Å². The molecular formula is C27H31N5O2. The average molecular weight is 458 g/mol. The predicted molar refractivity (Wildman–Crippen MR) is 138 cm³/mol. The fourth-order valence-corrected chi connectivity index (χ4v) is 4.84. The fraction of sp³-hybridized carbons (Fsp3) is 0.333. The second-order valence-electron chi connectivity index (χ2n) is 9.10. The Morgan fingerprint density at radius 2 is 1.91 bits per heavy atom. The highest BCUT2D eigenvalue weighted by molar-refractivity contribution is 5.87. The minimum Gasteiger partial charge on any atom is -0.394 e. The van der Waals surface area contributed by atoms with Crippen LogP contribution in [0.5, 0.6) is 0 Å². The molecule has 1 atom stereocenters. The lowest BCUT2D eigenvalue weighted by molar-refractivity contribution is 0.274. The maximum absolute atomic E-state index is 12.9. The quantitative estimate of drug-likeness (QED) is 0.333. The molecule has 0 amide bonds. The van der Waals surface area contributed by atoms with Crippen LogP contribution in [0.4, 0.5) is 11.4 Å². The molecule has 1 aliphatic rings. The summed E-state index contributed by atoms with van der Waals surface area (Å²) in [6.45, 7) is 4.15. The zero-order chi connectivity index (χ0) is 23.5. The maximum Gasteiger partial charge on any atom is 0.261 e. The van der Waals surface area contributed by atoms with Crippen molar-refractivity contribution in [3.8, 4) is 11.4 Å². The Balaban J connectivity index is 1.49. The van der Waals surface area contributed by atoms with Crippen molar-refractivity contribution in [1.29, 1.82) is 0 Å². The number of nitrogens with one attached hydrogen (secondary N) is 3. The molecule has 1 fully saturated rings. The van der Waals surface area contributed by atoms with Crippen LogP contribution in [0, 0.1) is 6.92 Å². The summed E-state index contributed by atoms with van der Waals surface area (Å²) in [5, 5.41) is 13.4. The summed E-state index contributed by atoms with van der Waals surface area (Å²) < 4.78 is 0. The Labute approximate surface area is 198 Å². The number of piperidine rings is 1. The Hall–Kier alpha value is -3.58. The van der Waals surface area contributed by atoms with Crippen molar-refractivity contribution >= 4 is 22.4 Å². The van der Waals surface area contributed by atoms with Crippen LogP contribution in [0.25, 0.3) is 22.4 Å². The molecule has 4 aromatic rings. The minimum atomic E-state index is -0.236. The number of hydrogen-bond donors (Lipinski definition) is 4. The first-order valence-corrected chi connectivity index (χ1v) is 12.0. The fourth-order valence-electron chi connectivity index (χ4n) is 4.84. The summed E-state index contributed by atoms with van der Waals surface area (Å²) in [5.74, 6) is 0.523. The van der Waals surface area contributed by atoms with Gasteiger partial charge in [-0.2, -0.15) is 0 Å². The van der Waals surface area contributed by atoms with Crippen molar-refractivity contribution in [2.45, 2.75) is 38.6 Å². The molecule has 7 heteroatoms. The molecule has 0 bridgehead atoms. The summed E-state index contributed by atoms with van der Waals surface area (Å²) in [4.78, 5) is 26.3. The van der Waals surface area contributed by atoms with E-state index in [1.807, 2.05) is 36.4 Å². The molecule has 4 N–H and O–H groups in total. The number of aromatic nitrogens is 3. The number of anilines is 2. The summed E-state index contributed by atoms with van der Waals surface area (Å²) >= 11 is 0. The van der Waals surface area contributed by atoms with Crippen LogP contribution in [-0.2, 0) is 6.42 Å². The summed E-state index contributed by atoms with van der Waals surface area (Å²) in [6, 6.07) is 15.9. The third-order valence-electron chi connectivity index (χ3n) is 6.59. The highest BCUT2D eigenvalue weighted by Crippen LogP contribution is 2.30. The van der Waals surface area contributed by atoms with Crippen LogP contribution in [0.15, 0.2) is 59.5 Å². The van der Waals surface area contributed by atoms with E-state index in [-0.39, 0.29) is 18.2 Å². The Kier molecular flexibility index (Phi) is 6.36. The van der Waals surface area contributed by atoms with Gasteiger partial charge in [0.25, 0.3) is 5.56 Å². The molecule has 2 aromatic heterocycles. The molecule has 1 saturated heterocycles. The number of aliphatic hydroxyl groups is 1. The van der Waals surface area contributed by atoms with Crippen LogP contribution in [0.3, 0.4) is 0 Å². The van der Waals surface area contributed by atoms with Crippen molar-refractivity contribution in [3.05, 3.63) is 76.2 Å². The zero-order valence-corrected chi connectivity index (χ0v) is 19.5. The van der Waals surface area contributed by atoms with Crippen molar-refractivity contribution in [3.63, 3.8) is 0 Å². The first-order chi connectivity index (χ1) is 16.6. The Morgan fingerprint density at radius 3 is 2.68 bits per heavy atom. The van der Waals surface area contributed by atoms with E-state index in [2.05, 4.69) is 39.2 Å². The van der Waals surface area contributed by atoms with Crippen molar-refractivity contribution < 1.29 is 5.11 Å². The molecule has 3 heterocycles. The summed E-state index contributed by atoms with van der Waals surface area (Å²) in [6.07, 6.45) is 5.98. The number of aromatic amines is 2. The van der Waals surface area contributed by atoms with E-state index < -0.39 is 0 Å². The molecule has 5 rings (SSSR count). The summed E-state index contributed by atoms with van der Waals surface area (Å²) in [7, 11) is 0. The number of nitrogens with zero attached hydrogens (tertiary/aromatic N) is 2. The third-order valence-corrected chi connectivity index (χ3v) is 6.59. The minimum absolute atomic E-state index is 0.0560. The van der Waals surface area contributed by atoms with E-state index in [9.17, 15) is 9.90 Å². The lowest BCUT2D eigenvalue weighted by atomic mass is 10.1. The molecular weight excluding hydrogens is 426 g/mol. The number of H-pyrrole nitrogens is 2. The van der Waals surface area contributed by atoms with E-state index in [1.54, 1.807) is 6.20 Å². The number of fused-ring (bicyclic) bond motifs is 1. The molecule has 34 heavy (non-hydrogen) atoms. The van der Waals surface area contributed by atoms with Crippen molar-refractivity contribution in [2.24, 2.45) is 0 Å². The molecule has 7 nitrogen and oxygen atoms in total. The normalized spacial score (nSPS) is 14.9. The van der Waals surface area contributed by atoms with Gasteiger partial charge in [0.15, 0.2) is 0 Å². The molecule has 0 radical (unpaired) electrons. The molecule has 0 saturated carbocycles. The van der Waals surface area contributed by atoms with Crippen LogP contribution in [0.2, 0.25) is 0 Å². The van der Waals surface area contributed by atoms with Crippen molar-refractivity contribution in [2.75, 3.05) is 29.9 Å². The predicted octanol–water partition coefficient (Wildman–Crippen LogP) is 4.23. The number of pyridine rings is 1. The SMILES string of the molecule is Cc1cc(N2CCCCC2)cc2[nH]c(-c3c(NC(CO)Cc4ccccc4)cc[nH]c3=O)nc12. The van der Waals surface area contributed by atoms with Crippen LogP contribution >= 0.6 is 0 Å². The highest BCUT2D eigenvalue weighted by atomic mass is 16.3. The lowest BCUT2D eigenvalue weighted by Crippen LogP contribution is -2.29. The topological polar surface area (TPSA) is 97.0 Å². The van der Waals surface area contributed by atoms with Gasteiger partial charge in [-0.05, 0) is 61.9 Å². The van der Waals surface area contributed by atoms with E-state index in [1.165, 1.54) is 24.9 Å². The third kappa shape index (κ3) is 4.56. The van der Waals surface area contributed by atoms with Gasteiger partial charge in [-0.1, -0.05) is 30.3 Å². The number of aliphatic hydroxyl groups excluding tert-OH is 1. The van der Waals surface area contributed by atoms with E-state index in [4.69, 9.17) is 4.98 Å². The second-order valence-corrected chi connectivity index (χ2v) is 9.10. The number of rotatable bonds is 7. The molecule has 1 aliphatic heterocycles. The first kappa shape index (κ1) is 22.2. The van der Waals surface area contributed by atoms with Gasteiger partial charge in [0.2, 0.25) is 0 Å². The number of aryl methyl sites for hydroxylation is 1. The Morgan fingerprint density at radius 1 is 1.12 bits per heavy atom. The number of benzene rings is 2. The van der Waals surface area contributed by atoms with Gasteiger partial charge in [-0.15, -0.1) is 0 Å². The van der Waals surface area contributed by atoms with Crippen LogP contribution in [-0.4, -0.2) is 45.8 Å². The molecule has 0 spiro atoms. The number of hydrogen-bond acceptors (Lipinski definition) is 5. The zero-order valence-electron chi connectivity index (χ0n) is 19.5. The van der Waals surface area contributed by atoms with E-state index in [0.717, 1.165) is 35.2 Å². The molecule has 2 aromatic carbocycles. The van der Waals surface area contributed by atoms with Gasteiger partial charge >= 0.3 is 0 Å². The van der Waals surface area contributed by atoms with Gasteiger partial charge in [-0.3, -0.25) is 4.79 Å². The first-order valence-electron chi connectivity index (χ1n) is 12.0. The largest absolute Gasteiger partial charge is 0.394 e. The molecule has 0 aliphatic carbocycles. The van der Waals surface area contributed by atoms with Gasteiger partial charge < -0.3 is 25.3 Å². The monoisotopic (exact) mass is 457 g/mol. The molecule has 1 unspecified atom stereocenters. The Bertz CT molecular complexity index is 1320. The van der Waals surface area contributed by atoms with Crippen LogP contribution in [0.1, 0.15) is 30.4 Å². The highest BCUT2D eigenvalue weighted by Gasteiger charge is 2.19. The molecule has 176 valence electrons. The van der Waals surface area contributed by atoms with Crippen LogP contribution < -0.4 is 15.8 Å². The smallest absolute Gasteiger partial charge is 0.261 e. The standard InChI is InChI=1S/C27H31N5O2/c1-18-14-21(32-12-6-3-7-13-32)16-23-25(18)31-26(30-23)24-22(10-11-28-27(24)34)29-20(17-33)15-19-8-4-2-5-9-19/h2,4-5,8-11,14,16,20,33H,3,6-7,12-13,15,17H2,1H3,(H,30,31)(H2,28,29,34). The maximum atomic E-state index is 12.9. The van der Waals surface area contributed by atoms with E-state index >= 15 is 0 Å². The van der Waals surface area contributed by atoms with E-state index in [0.29, 0.717) is 23.5 Å².